The molecule has 0 fully saturated rings. The van der Waals surface area contributed by atoms with Gasteiger partial charge in [-0.25, -0.2) is 0 Å². The SMILES string of the molecule is CC[C@H](C)C(=O)Nc1cccc(Oc2ccccc2)c1. The molecule has 0 radical (unpaired) electrons. The Labute approximate surface area is 119 Å². The van der Waals surface area contributed by atoms with Crippen molar-refractivity contribution in [3.8, 4) is 11.5 Å². The number of carbonyl (C=O) groups is 1. The maximum Gasteiger partial charge on any atom is 0.227 e. The standard InChI is InChI=1S/C17H19NO2/c1-3-13(2)17(19)18-14-8-7-11-16(12-14)20-15-9-5-4-6-10-15/h4-13H,3H2,1-2H3,(H,18,19)/t13-/m0/s1. The molecule has 0 aromatic heterocycles. The summed E-state index contributed by atoms with van der Waals surface area (Å²) in [7, 11) is 0. The number of hydrogen-bond donors (Lipinski definition) is 1. The van der Waals surface area contributed by atoms with Gasteiger partial charge in [0.2, 0.25) is 5.91 Å². The summed E-state index contributed by atoms with van der Waals surface area (Å²) in [5.41, 5.74) is 0.753. The molecule has 104 valence electrons. The van der Waals surface area contributed by atoms with E-state index < -0.39 is 0 Å². The summed E-state index contributed by atoms with van der Waals surface area (Å²) < 4.78 is 5.74. The molecule has 20 heavy (non-hydrogen) atoms. The van der Waals surface area contributed by atoms with Crippen LogP contribution in [-0.2, 0) is 4.79 Å². The smallest absolute Gasteiger partial charge is 0.227 e. The molecule has 0 spiro atoms. The molecule has 3 heteroatoms. The molecule has 1 N–H and O–H groups in total. The summed E-state index contributed by atoms with van der Waals surface area (Å²) >= 11 is 0. The quantitative estimate of drug-likeness (QED) is 0.870. The number of ether oxygens (including phenoxy) is 1. The Kier molecular flexibility index (Phi) is 4.77. The molecule has 0 bridgehead atoms. The molecular weight excluding hydrogens is 250 g/mol. The number of carbonyl (C=O) groups excluding carboxylic acids is 1. The fraction of sp³-hybridized carbons (Fsp3) is 0.235. The van der Waals surface area contributed by atoms with E-state index in [0.717, 1.165) is 17.9 Å². The van der Waals surface area contributed by atoms with E-state index in [9.17, 15) is 4.79 Å². The van der Waals surface area contributed by atoms with Crippen molar-refractivity contribution in [3.05, 3.63) is 54.6 Å². The average Bonchev–Trinajstić information content (AvgIpc) is 2.47. The van der Waals surface area contributed by atoms with E-state index in [1.807, 2.05) is 68.4 Å². The van der Waals surface area contributed by atoms with Gasteiger partial charge < -0.3 is 10.1 Å². The van der Waals surface area contributed by atoms with E-state index in [4.69, 9.17) is 4.74 Å². The Morgan fingerprint density at radius 3 is 2.50 bits per heavy atom. The molecule has 0 saturated heterocycles. The topological polar surface area (TPSA) is 38.3 Å². The lowest BCUT2D eigenvalue weighted by Gasteiger charge is -2.11. The minimum absolute atomic E-state index is 0.00805. The zero-order valence-corrected chi connectivity index (χ0v) is 11.8. The number of benzene rings is 2. The predicted octanol–water partition coefficient (Wildman–Crippen LogP) is 4.46. The van der Waals surface area contributed by atoms with Crippen molar-refractivity contribution in [2.24, 2.45) is 5.92 Å². The minimum atomic E-state index is 0.00805. The number of para-hydroxylation sites is 1. The van der Waals surface area contributed by atoms with Crippen LogP contribution in [0.5, 0.6) is 11.5 Å². The highest BCUT2D eigenvalue weighted by Gasteiger charge is 2.10. The summed E-state index contributed by atoms with van der Waals surface area (Å²) in [6, 6.07) is 17.0. The van der Waals surface area contributed by atoms with Gasteiger partial charge in [-0.3, -0.25) is 4.79 Å². The van der Waals surface area contributed by atoms with Crippen LogP contribution in [0.1, 0.15) is 20.3 Å². The molecule has 0 aliphatic carbocycles. The third kappa shape index (κ3) is 3.85. The third-order valence-corrected chi connectivity index (χ3v) is 3.14. The van der Waals surface area contributed by atoms with Crippen LogP contribution in [0.2, 0.25) is 0 Å². The van der Waals surface area contributed by atoms with E-state index in [1.54, 1.807) is 0 Å². The van der Waals surface area contributed by atoms with Gasteiger partial charge in [-0.15, -0.1) is 0 Å². The third-order valence-electron chi connectivity index (χ3n) is 3.14. The highest BCUT2D eigenvalue weighted by Crippen LogP contribution is 2.24. The van der Waals surface area contributed by atoms with Gasteiger partial charge in [0.15, 0.2) is 0 Å². The number of rotatable bonds is 5. The zero-order valence-electron chi connectivity index (χ0n) is 11.8. The Balaban J connectivity index is 2.06. The van der Waals surface area contributed by atoms with Crippen molar-refractivity contribution in [1.82, 2.24) is 0 Å². The summed E-state index contributed by atoms with van der Waals surface area (Å²) in [6.07, 6.45) is 0.825. The first kappa shape index (κ1) is 14.1. The van der Waals surface area contributed by atoms with Crippen molar-refractivity contribution in [1.29, 1.82) is 0 Å². The second-order valence-electron chi connectivity index (χ2n) is 4.74. The average molecular weight is 269 g/mol. The second kappa shape index (κ2) is 6.75. The number of anilines is 1. The molecule has 0 saturated carbocycles. The normalized spacial score (nSPS) is 11.7. The molecule has 0 aliphatic rings. The van der Waals surface area contributed by atoms with Crippen LogP contribution in [0.3, 0.4) is 0 Å². The maximum absolute atomic E-state index is 11.9. The molecule has 1 atom stereocenters. The molecule has 1 amide bonds. The Morgan fingerprint density at radius 1 is 1.10 bits per heavy atom. The van der Waals surface area contributed by atoms with E-state index in [-0.39, 0.29) is 11.8 Å². The summed E-state index contributed by atoms with van der Waals surface area (Å²) in [5, 5.41) is 2.90. The van der Waals surface area contributed by atoms with E-state index >= 15 is 0 Å². The predicted molar refractivity (Wildman–Crippen MR) is 81.0 cm³/mol. The second-order valence-corrected chi connectivity index (χ2v) is 4.74. The van der Waals surface area contributed by atoms with Crippen molar-refractivity contribution in [2.75, 3.05) is 5.32 Å². The van der Waals surface area contributed by atoms with Gasteiger partial charge in [0.05, 0.1) is 0 Å². The van der Waals surface area contributed by atoms with Crippen molar-refractivity contribution in [2.45, 2.75) is 20.3 Å². The summed E-state index contributed by atoms with van der Waals surface area (Å²) in [6.45, 7) is 3.92. The van der Waals surface area contributed by atoms with Gasteiger partial charge in [0, 0.05) is 17.7 Å². The lowest BCUT2D eigenvalue weighted by atomic mass is 10.1. The van der Waals surface area contributed by atoms with Crippen LogP contribution < -0.4 is 10.1 Å². The molecule has 0 unspecified atom stereocenters. The molecule has 2 aromatic rings. The zero-order chi connectivity index (χ0) is 14.4. The van der Waals surface area contributed by atoms with Crippen LogP contribution >= 0.6 is 0 Å². The Morgan fingerprint density at radius 2 is 1.80 bits per heavy atom. The van der Waals surface area contributed by atoms with Crippen LogP contribution in [0.15, 0.2) is 54.6 Å². The fourth-order valence-corrected chi connectivity index (χ4v) is 1.71. The largest absolute Gasteiger partial charge is 0.457 e. The Hall–Kier alpha value is -2.29. The van der Waals surface area contributed by atoms with Gasteiger partial charge in [-0.05, 0) is 30.7 Å². The Bertz CT molecular complexity index is 566. The number of amides is 1. The van der Waals surface area contributed by atoms with Crippen molar-refractivity contribution in [3.63, 3.8) is 0 Å². The van der Waals surface area contributed by atoms with E-state index in [0.29, 0.717) is 5.75 Å². The van der Waals surface area contributed by atoms with Crippen molar-refractivity contribution < 1.29 is 9.53 Å². The van der Waals surface area contributed by atoms with Crippen LogP contribution in [-0.4, -0.2) is 5.91 Å². The van der Waals surface area contributed by atoms with Crippen LogP contribution in [0, 0.1) is 5.92 Å². The highest BCUT2D eigenvalue weighted by atomic mass is 16.5. The maximum atomic E-state index is 11.9. The fourth-order valence-electron chi connectivity index (χ4n) is 1.71. The van der Waals surface area contributed by atoms with Gasteiger partial charge in [-0.2, -0.15) is 0 Å². The van der Waals surface area contributed by atoms with Gasteiger partial charge in [-0.1, -0.05) is 38.1 Å². The molecule has 3 nitrogen and oxygen atoms in total. The molecule has 2 aromatic carbocycles. The van der Waals surface area contributed by atoms with Crippen LogP contribution in [0.25, 0.3) is 0 Å². The lowest BCUT2D eigenvalue weighted by molar-refractivity contribution is -0.119. The molecular formula is C17H19NO2. The molecule has 2 rings (SSSR count). The minimum Gasteiger partial charge on any atom is -0.457 e. The molecule has 0 aliphatic heterocycles. The van der Waals surface area contributed by atoms with Crippen molar-refractivity contribution >= 4 is 11.6 Å². The van der Waals surface area contributed by atoms with E-state index in [2.05, 4.69) is 5.32 Å². The first-order valence-corrected chi connectivity index (χ1v) is 6.83. The summed E-state index contributed by atoms with van der Waals surface area (Å²) in [5.74, 6) is 1.52. The van der Waals surface area contributed by atoms with Gasteiger partial charge in [0.1, 0.15) is 11.5 Å². The molecule has 0 heterocycles. The number of hydrogen-bond acceptors (Lipinski definition) is 2. The van der Waals surface area contributed by atoms with E-state index in [1.165, 1.54) is 0 Å². The van der Waals surface area contributed by atoms with Gasteiger partial charge >= 0.3 is 0 Å². The summed E-state index contributed by atoms with van der Waals surface area (Å²) in [4.78, 5) is 11.9. The highest BCUT2D eigenvalue weighted by molar-refractivity contribution is 5.92. The monoisotopic (exact) mass is 269 g/mol. The lowest BCUT2D eigenvalue weighted by Crippen LogP contribution is -2.19. The first-order chi connectivity index (χ1) is 9.69. The van der Waals surface area contributed by atoms with Gasteiger partial charge in [0.25, 0.3) is 0 Å². The number of nitrogens with one attached hydrogen (secondary N) is 1. The van der Waals surface area contributed by atoms with Crippen LogP contribution in [0.4, 0.5) is 5.69 Å². The first-order valence-electron chi connectivity index (χ1n) is 6.83.